The van der Waals surface area contributed by atoms with Crippen LogP contribution in [0.4, 0.5) is 0 Å². The standard InChI is InChI=1S/C25H20N2O/c1-16-13-14-26-23(15-16)21-10-6-9-19-20-11-12-22(27-25(20)28-24(19)21)17(2)18-7-4-3-5-8-18/h3-15,17H,1-2H3/i1D3,17D. The average Bonchev–Trinajstić information content (AvgIpc) is 3.17. The Balaban J connectivity index is 1.67. The summed E-state index contributed by atoms with van der Waals surface area (Å²) in [6, 6.07) is 22.1. The van der Waals surface area contributed by atoms with Crippen LogP contribution in [0.5, 0.6) is 0 Å². The second kappa shape index (κ2) is 6.61. The van der Waals surface area contributed by atoms with Crippen molar-refractivity contribution in [3.63, 3.8) is 0 Å². The lowest BCUT2D eigenvalue weighted by Crippen LogP contribution is -1.98. The highest BCUT2D eigenvalue weighted by Gasteiger charge is 2.16. The van der Waals surface area contributed by atoms with E-state index in [-0.39, 0.29) is 5.56 Å². The van der Waals surface area contributed by atoms with Gasteiger partial charge in [0.05, 0.1) is 11.4 Å². The zero-order valence-corrected chi connectivity index (χ0v) is 15.3. The Hall–Kier alpha value is -3.46. The first-order chi connectivity index (χ1) is 15.2. The molecule has 3 nitrogen and oxygen atoms in total. The summed E-state index contributed by atoms with van der Waals surface area (Å²) in [5.41, 5.74) is 3.90. The summed E-state index contributed by atoms with van der Waals surface area (Å²) in [6.45, 7) is -0.402. The van der Waals surface area contributed by atoms with Crippen molar-refractivity contribution in [1.82, 2.24) is 9.97 Å². The molecule has 3 heteroatoms. The quantitative estimate of drug-likeness (QED) is 0.365. The van der Waals surface area contributed by atoms with Crippen molar-refractivity contribution in [3.8, 4) is 11.3 Å². The van der Waals surface area contributed by atoms with E-state index in [9.17, 15) is 0 Å². The Bertz CT molecular complexity index is 1440. The maximum atomic E-state index is 8.91. The summed E-state index contributed by atoms with van der Waals surface area (Å²) in [5, 5.41) is 1.70. The minimum atomic E-state index is -2.22. The molecule has 0 bridgehead atoms. The predicted molar refractivity (Wildman–Crippen MR) is 113 cm³/mol. The molecular formula is C25H20N2O. The molecule has 0 saturated carbocycles. The Morgan fingerprint density at radius 1 is 0.964 bits per heavy atom. The molecule has 0 saturated heterocycles. The number of para-hydroxylation sites is 1. The van der Waals surface area contributed by atoms with Gasteiger partial charge in [0.1, 0.15) is 5.58 Å². The fourth-order valence-electron chi connectivity index (χ4n) is 3.50. The van der Waals surface area contributed by atoms with Crippen molar-refractivity contribution in [2.75, 3.05) is 0 Å². The van der Waals surface area contributed by atoms with E-state index in [0.29, 0.717) is 28.2 Å². The lowest BCUT2D eigenvalue weighted by atomic mass is 9.97. The molecule has 3 heterocycles. The third kappa shape index (κ3) is 2.76. The van der Waals surface area contributed by atoms with Crippen LogP contribution in [0, 0.1) is 6.85 Å². The van der Waals surface area contributed by atoms with Crippen molar-refractivity contribution in [3.05, 3.63) is 95.8 Å². The summed E-state index contributed by atoms with van der Waals surface area (Å²) in [4.78, 5) is 9.07. The maximum absolute atomic E-state index is 8.91. The lowest BCUT2D eigenvalue weighted by molar-refractivity contribution is 0.650. The number of hydrogen-bond acceptors (Lipinski definition) is 3. The highest BCUT2D eigenvalue weighted by molar-refractivity contribution is 6.08. The molecule has 0 aliphatic heterocycles. The summed E-state index contributed by atoms with van der Waals surface area (Å²) in [5.74, 6) is -1.03. The number of aromatic nitrogens is 2. The number of pyridine rings is 2. The molecule has 0 amide bonds. The number of aryl methyl sites for hydroxylation is 1. The maximum Gasteiger partial charge on any atom is 0.227 e. The molecule has 0 spiro atoms. The fraction of sp³-hybridized carbons (Fsp3) is 0.120. The summed E-state index contributed by atoms with van der Waals surface area (Å²) >= 11 is 0. The molecule has 0 radical (unpaired) electrons. The first-order valence-corrected chi connectivity index (χ1v) is 9.10. The fourth-order valence-corrected chi connectivity index (χ4v) is 3.50. The SMILES string of the molecule is [2H]C([2H])([2H])c1ccnc(-c2cccc3c2oc2nc(C([2H])(C)c4ccccc4)ccc23)c1. The Labute approximate surface area is 169 Å². The van der Waals surface area contributed by atoms with Gasteiger partial charge in [0.15, 0.2) is 0 Å². The zero-order valence-electron chi connectivity index (χ0n) is 19.3. The largest absolute Gasteiger partial charge is 0.437 e. The van der Waals surface area contributed by atoms with Crippen LogP contribution in [0.15, 0.2) is 83.4 Å². The van der Waals surface area contributed by atoms with Crippen molar-refractivity contribution in [2.45, 2.75) is 19.7 Å². The summed E-state index contributed by atoms with van der Waals surface area (Å²) in [7, 11) is 0. The number of fused-ring (bicyclic) bond motifs is 3. The van der Waals surface area contributed by atoms with Crippen LogP contribution >= 0.6 is 0 Å². The van der Waals surface area contributed by atoms with E-state index in [1.165, 1.54) is 12.3 Å². The van der Waals surface area contributed by atoms with Crippen LogP contribution in [-0.2, 0) is 0 Å². The minimum absolute atomic E-state index is 0.226. The van der Waals surface area contributed by atoms with Crippen LogP contribution in [0.25, 0.3) is 33.3 Å². The monoisotopic (exact) mass is 368 g/mol. The number of hydrogen-bond donors (Lipinski definition) is 0. The Morgan fingerprint density at radius 3 is 2.71 bits per heavy atom. The van der Waals surface area contributed by atoms with Crippen molar-refractivity contribution >= 4 is 22.1 Å². The number of nitrogens with zero attached hydrogens (tertiary/aromatic N) is 2. The first kappa shape index (κ1) is 12.8. The van der Waals surface area contributed by atoms with Gasteiger partial charge in [0.25, 0.3) is 0 Å². The molecule has 1 atom stereocenters. The predicted octanol–water partition coefficient (Wildman–Crippen LogP) is 6.50. The van der Waals surface area contributed by atoms with E-state index in [0.717, 1.165) is 16.3 Å². The molecule has 0 aliphatic carbocycles. The Morgan fingerprint density at radius 2 is 1.86 bits per heavy atom. The molecule has 1 unspecified atom stereocenters. The van der Waals surface area contributed by atoms with Crippen molar-refractivity contribution in [2.24, 2.45) is 0 Å². The third-order valence-corrected chi connectivity index (χ3v) is 4.99. The third-order valence-electron chi connectivity index (χ3n) is 4.99. The first-order valence-electron chi connectivity index (χ1n) is 11.1. The second-order valence-electron chi connectivity index (χ2n) is 6.75. The van der Waals surface area contributed by atoms with Gasteiger partial charge in [-0.25, -0.2) is 4.98 Å². The molecule has 0 fully saturated rings. The molecule has 28 heavy (non-hydrogen) atoms. The van der Waals surface area contributed by atoms with E-state index in [1.54, 1.807) is 6.07 Å². The van der Waals surface area contributed by atoms with Gasteiger partial charge in [-0.3, -0.25) is 4.98 Å². The van der Waals surface area contributed by atoms with Gasteiger partial charge in [-0.2, -0.15) is 0 Å². The van der Waals surface area contributed by atoms with E-state index < -0.39 is 12.7 Å². The molecule has 136 valence electrons. The smallest absolute Gasteiger partial charge is 0.227 e. The molecular weight excluding hydrogens is 344 g/mol. The van der Waals surface area contributed by atoms with Gasteiger partial charge < -0.3 is 4.42 Å². The lowest BCUT2D eigenvalue weighted by Gasteiger charge is -2.10. The molecule has 0 N–H and O–H groups in total. The van der Waals surface area contributed by atoms with E-state index in [4.69, 9.17) is 9.90 Å². The van der Waals surface area contributed by atoms with Gasteiger partial charge in [-0.05, 0) is 48.3 Å². The zero-order chi connectivity index (χ0) is 22.5. The van der Waals surface area contributed by atoms with Crippen LogP contribution in [0.2, 0.25) is 0 Å². The summed E-state index contributed by atoms with van der Waals surface area (Å²) < 4.78 is 38.1. The molecule has 2 aromatic carbocycles. The van der Waals surface area contributed by atoms with Gasteiger partial charge in [0.2, 0.25) is 5.71 Å². The van der Waals surface area contributed by atoms with E-state index >= 15 is 0 Å². The highest BCUT2D eigenvalue weighted by atomic mass is 16.3. The van der Waals surface area contributed by atoms with Crippen LogP contribution in [0.3, 0.4) is 0 Å². The topological polar surface area (TPSA) is 38.9 Å². The van der Waals surface area contributed by atoms with Crippen LogP contribution < -0.4 is 0 Å². The van der Waals surface area contributed by atoms with Gasteiger partial charge in [-0.1, -0.05) is 49.4 Å². The molecule has 5 rings (SSSR count). The molecule has 5 aromatic rings. The Kier molecular flexibility index (Phi) is 3.03. The number of furan rings is 1. The second-order valence-corrected chi connectivity index (χ2v) is 6.75. The number of rotatable bonds is 3. The van der Waals surface area contributed by atoms with Crippen LogP contribution in [0.1, 0.15) is 35.1 Å². The van der Waals surface area contributed by atoms with Crippen LogP contribution in [-0.4, -0.2) is 9.97 Å². The molecule has 3 aromatic heterocycles. The van der Waals surface area contributed by atoms with Gasteiger partial charge >= 0.3 is 0 Å². The summed E-state index contributed by atoms with van der Waals surface area (Å²) in [6.07, 6.45) is 1.50. The van der Waals surface area contributed by atoms with Crippen molar-refractivity contribution < 1.29 is 9.90 Å². The van der Waals surface area contributed by atoms with Crippen molar-refractivity contribution in [1.29, 1.82) is 0 Å². The minimum Gasteiger partial charge on any atom is -0.437 e. The number of benzene rings is 2. The van der Waals surface area contributed by atoms with E-state index in [1.807, 2.05) is 67.6 Å². The normalized spacial score (nSPS) is 16.2. The van der Waals surface area contributed by atoms with Gasteiger partial charge in [-0.15, -0.1) is 0 Å². The van der Waals surface area contributed by atoms with Gasteiger partial charge in [0, 0.05) is 33.9 Å². The molecule has 0 aliphatic rings. The highest BCUT2D eigenvalue weighted by Crippen LogP contribution is 2.35. The average molecular weight is 368 g/mol. The van der Waals surface area contributed by atoms with E-state index in [2.05, 4.69) is 9.97 Å².